The van der Waals surface area contributed by atoms with Gasteiger partial charge in [-0.05, 0) is 35.9 Å². The maximum absolute atomic E-state index is 11.3. The fourth-order valence-electron chi connectivity index (χ4n) is 2.92. The summed E-state index contributed by atoms with van der Waals surface area (Å²) in [6, 6.07) is 11.1. The number of aromatic nitrogens is 3. The van der Waals surface area contributed by atoms with Crippen LogP contribution in [0.15, 0.2) is 61.2 Å². The smallest absolute Gasteiger partial charge is 0.335 e. The number of carboxylic acids is 1. The maximum Gasteiger partial charge on any atom is 0.335 e. The van der Waals surface area contributed by atoms with Crippen LogP contribution in [0.25, 0.3) is 21.8 Å². The van der Waals surface area contributed by atoms with Gasteiger partial charge in [-0.15, -0.1) is 0 Å². The third kappa shape index (κ3) is 2.23. The maximum atomic E-state index is 11.3. The number of pyridine rings is 2. The molecule has 0 spiro atoms. The van der Waals surface area contributed by atoms with Gasteiger partial charge < -0.3 is 9.67 Å². The third-order valence-corrected chi connectivity index (χ3v) is 3.98. The Morgan fingerprint density at radius 2 is 1.87 bits per heavy atom. The van der Waals surface area contributed by atoms with Crippen molar-refractivity contribution in [3.05, 3.63) is 72.3 Å². The molecule has 0 aliphatic rings. The van der Waals surface area contributed by atoms with Crippen LogP contribution in [0.1, 0.15) is 15.9 Å². The summed E-state index contributed by atoms with van der Waals surface area (Å²) in [7, 11) is 0. The number of hydrogen-bond donors (Lipinski definition) is 1. The number of fused-ring (bicyclic) bond motifs is 3. The normalized spacial score (nSPS) is 11.1. The van der Waals surface area contributed by atoms with E-state index in [4.69, 9.17) is 0 Å². The van der Waals surface area contributed by atoms with Crippen LogP contribution in [0.4, 0.5) is 0 Å². The molecule has 3 heterocycles. The highest BCUT2D eigenvalue weighted by Crippen LogP contribution is 2.29. The fraction of sp³-hybridized carbons (Fsp3) is 0.0556. The van der Waals surface area contributed by atoms with Gasteiger partial charge in [-0.1, -0.05) is 6.07 Å². The van der Waals surface area contributed by atoms with Crippen LogP contribution >= 0.6 is 0 Å². The predicted molar refractivity (Wildman–Crippen MR) is 87.5 cm³/mol. The van der Waals surface area contributed by atoms with E-state index in [0.717, 1.165) is 27.4 Å². The Kier molecular flexibility index (Phi) is 3.05. The van der Waals surface area contributed by atoms with E-state index in [2.05, 4.69) is 14.5 Å². The standard InChI is InChI=1S/C18H13N3O2/c22-18(23)13-3-4-16-15(8-13)14-5-7-20-10-17(14)21(16)11-12-2-1-6-19-9-12/h1-10H,11H2,(H,22,23). The molecule has 0 saturated heterocycles. The van der Waals surface area contributed by atoms with E-state index >= 15 is 0 Å². The lowest BCUT2D eigenvalue weighted by atomic mass is 10.1. The van der Waals surface area contributed by atoms with Crippen LogP contribution in [0.2, 0.25) is 0 Å². The summed E-state index contributed by atoms with van der Waals surface area (Å²) in [6.45, 7) is 0.659. The van der Waals surface area contributed by atoms with E-state index in [1.54, 1.807) is 24.5 Å². The van der Waals surface area contributed by atoms with Crippen molar-refractivity contribution in [1.29, 1.82) is 0 Å². The molecular formula is C18H13N3O2. The summed E-state index contributed by atoms with van der Waals surface area (Å²) in [6.07, 6.45) is 7.12. The molecule has 23 heavy (non-hydrogen) atoms. The first kappa shape index (κ1) is 13.5. The molecule has 0 aliphatic heterocycles. The van der Waals surface area contributed by atoms with Gasteiger partial charge in [0, 0.05) is 41.4 Å². The van der Waals surface area contributed by atoms with E-state index in [-0.39, 0.29) is 5.56 Å². The Balaban J connectivity index is 1.99. The Morgan fingerprint density at radius 3 is 2.65 bits per heavy atom. The molecule has 0 radical (unpaired) electrons. The lowest BCUT2D eigenvalue weighted by Crippen LogP contribution is -2.00. The molecule has 0 fully saturated rings. The van der Waals surface area contributed by atoms with Crippen LogP contribution in [0, 0.1) is 0 Å². The number of carboxylic acid groups (broad SMARTS) is 1. The topological polar surface area (TPSA) is 68.0 Å². The molecule has 0 amide bonds. The second-order valence-electron chi connectivity index (χ2n) is 5.38. The first-order valence-corrected chi connectivity index (χ1v) is 7.22. The van der Waals surface area contributed by atoms with Gasteiger partial charge in [-0.2, -0.15) is 0 Å². The van der Waals surface area contributed by atoms with Crippen LogP contribution in [0.3, 0.4) is 0 Å². The van der Waals surface area contributed by atoms with Crippen molar-refractivity contribution in [2.75, 3.05) is 0 Å². The zero-order valence-electron chi connectivity index (χ0n) is 12.2. The first-order chi connectivity index (χ1) is 11.2. The van der Waals surface area contributed by atoms with Gasteiger partial charge in [-0.3, -0.25) is 9.97 Å². The zero-order valence-corrected chi connectivity index (χ0v) is 12.2. The van der Waals surface area contributed by atoms with Crippen LogP contribution in [-0.2, 0) is 6.54 Å². The molecule has 0 saturated carbocycles. The minimum atomic E-state index is -0.922. The number of carbonyl (C=O) groups is 1. The molecule has 1 N–H and O–H groups in total. The third-order valence-electron chi connectivity index (χ3n) is 3.98. The largest absolute Gasteiger partial charge is 0.478 e. The van der Waals surface area contributed by atoms with E-state index < -0.39 is 5.97 Å². The minimum Gasteiger partial charge on any atom is -0.478 e. The summed E-state index contributed by atoms with van der Waals surface area (Å²) in [5.74, 6) is -0.922. The van der Waals surface area contributed by atoms with E-state index in [1.807, 2.05) is 36.7 Å². The molecule has 0 bridgehead atoms. The Bertz CT molecular complexity index is 1020. The van der Waals surface area contributed by atoms with Crippen molar-refractivity contribution < 1.29 is 9.90 Å². The molecule has 5 heteroatoms. The molecule has 4 aromatic rings. The lowest BCUT2D eigenvalue weighted by Gasteiger charge is -2.07. The van der Waals surface area contributed by atoms with Crippen molar-refractivity contribution >= 4 is 27.8 Å². The number of hydrogen-bond acceptors (Lipinski definition) is 3. The van der Waals surface area contributed by atoms with Gasteiger partial charge in [-0.25, -0.2) is 4.79 Å². The molecule has 0 aliphatic carbocycles. The molecule has 0 unspecified atom stereocenters. The molecular weight excluding hydrogens is 290 g/mol. The Morgan fingerprint density at radius 1 is 1.00 bits per heavy atom. The molecule has 1 aromatic carbocycles. The second-order valence-corrected chi connectivity index (χ2v) is 5.38. The molecule has 5 nitrogen and oxygen atoms in total. The summed E-state index contributed by atoms with van der Waals surface area (Å²) in [4.78, 5) is 19.6. The van der Waals surface area contributed by atoms with Gasteiger partial charge >= 0.3 is 5.97 Å². The Hall–Kier alpha value is -3.21. The summed E-state index contributed by atoms with van der Waals surface area (Å²) in [5.41, 5.74) is 3.34. The van der Waals surface area contributed by atoms with Crippen LogP contribution < -0.4 is 0 Å². The highest BCUT2D eigenvalue weighted by Gasteiger charge is 2.13. The van der Waals surface area contributed by atoms with Crippen molar-refractivity contribution in [1.82, 2.24) is 14.5 Å². The van der Waals surface area contributed by atoms with Gasteiger partial charge in [0.2, 0.25) is 0 Å². The van der Waals surface area contributed by atoms with Gasteiger partial charge in [0.15, 0.2) is 0 Å². The summed E-state index contributed by atoms with van der Waals surface area (Å²) < 4.78 is 2.14. The number of aromatic carboxylic acids is 1. The second kappa shape index (κ2) is 5.21. The van der Waals surface area contributed by atoms with Crippen molar-refractivity contribution in [2.45, 2.75) is 6.54 Å². The molecule has 112 valence electrons. The van der Waals surface area contributed by atoms with Gasteiger partial charge in [0.05, 0.1) is 17.3 Å². The summed E-state index contributed by atoms with van der Waals surface area (Å²) in [5, 5.41) is 11.2. The first-order valence-electron chi connectivity index (χ1n) is 7.22. The van der Waals surface area contributed by atoms with Crippen molar-refractivity contribution in [2.24, 2.45) is 0 Å². The zero-order chi connectivity index (χ0) is 15.8. The molecule has 3 aromatic heterocycles. The van der Waals surface area contributed by atoms with Crippen molar-refractivity contribution in [3.63, 3.8) is 0 Å². The number of benzene rings is 1. The predicted octanol–water partition coefficient (Wildman–Crippen LogP) is 3.33. The van der Waals surface area contributed by atoms with Crippen LogP contribution in [-0.4, -0.2) is 25.6 Å². The SMILES string of the molecule is O=C(O)c1ccc2c(c1)c1ccncc1n2Cc1cccnc1. The van der Waals surface area contributed by atoms with Crippen LogP contribution in [0.5, 0.6) is 0 Å². The average molecular weight is 303 g/mol. The number of nitrogens with zero attached hydrogens (tertiary/aromatic N) is 3. The monoisotopic (exact) mass is 303 g/mol. The van der Waals surface area contributed by atoms with Gasteiger partial charge in [0.1, 0.15) is 0 Å². The quantitative estimate of drug-likeness (QED) is 0.630. The number of rotatable bonds is 3. The Labute approximate surface area is 131 Å². The molecule has 0 atom stereocenters. The van der Waals surface area contributed by atoms with E-state index in [9.17, 15) is 9.90 Å². The lowest BCUT2D eigenvalue weighted by molar-refractivity contribution is 0.0697. The minimum absolute atomic E-state index is 0.287. The summed E-state index contributed by atoms with van der Waals surface area (Å²) >= 11 is 0. The van der Waals surface area contributed by atoms with Gasteiger partial charge in [0.25, 0.3) is 0 Å². The van der Waals surface area contributed by atoms with E-state index in [0.29, 0.717) is 6.54 Å². The molecule has 4 rings (SSSR count). The average Bonchev–Trinajstić information content (AvgIpc) is 2.90. The highest BCUT2D eigenvalue weighted by molar-refractivity contribution is 6.09. The van der Waals surface area contributed by atoms with E-state index in [1.165, 1.54) is 0 Å². The fourth-order valence-corrected chi connectivity index (χ4v) is 2.92. The highest BCUT2D eigenvalue weighted by atomic mass is 16.4. The van der Waals surface area contributed by atoms with Crippen molar-refractivity contribution in [3.8, 4) is 0 Å².